The maximum Gasteiger partial charge on any atom is 0.258 e. The Hall–Kier alpha value is -2.43. The Balaban J connectivity index is 2.15. The average Bonchev–Trinajstić information content (AvgIpc) is 2.30. The largest absolute Gasteiger partial charge is 0.399 e. The molecule has 0 bridgehead atoms. The van der Waals surface area contributed by atoms with E-state index in [1.807, 2.05) is 0 Å². The monoisotopic (exact) mass is 214 g/mol. The summed E-state index contributed by atoms with van der Waals surface area (Å²) in [5, 5.41) is 2.57. The summed E-state index contributed by atoms with van der Waals surface area (Å²) in [7, 11) is 0. The van der Waals surface area contributed by atoms with Crippen LogP contribution in [0.25, 0.3) is 0 Å². The van der Waals surface area contributed by atoms with Gasteiger partial charge < -0.3 is 5.73 Å². The zero-order valence-corrected chi connectivity index (χ0v) is 8.42. The number of nitrogens with one attached hydrogen (secondary N) is 1. The van der Waals surface area contributed by atoms with Crippen LogP contribution in [-0.2, 0) is 0 Å². The third kappa shape index (κ3) is 2.33. The Morgan fingerprint density at radius 3 is 2.62 bits per heavy atom. The van der Waals surface area contributed by atoms with Gasteiger partial charge in [0.05, 0.1) is 0 Å². The molecule has 0 unspecified atom stereocenters. The van der Waals surface area contributed by atoms with Crippen LogP contribution in [0, 0.1) is 0 Å². The number of hydrogen-bond donors (Lipinski definition) is 2. The molecule has 1 aromatic heterocycles. The molecule has 0 atom stereocenters. The molecule has 0 radical (unpaired) electrons. The number of carbonyl (C=O) groups excluding carboxylic acids is 1. The third-order valence-electron chi connectivity index (χ3n) is 1.94. The normalized spacial score (nSPS) is 9.75. The van der Waals surface area contributed by atoms with Crippen LogP contribution < -0.4 is 11.1 Å². The van der Waals surface area contributed by atoms with E-state index in [0.29, 0.717) is 11.3 Å². The van der Waals surface area contributed by atoms with Crippen molar-refractivity contribution < 1.29 is 4.79 Å². The highest BCUT2D eigenvalue weighted by Gasteiger charge is 2.06. The van der Waals surface area contributed by atoms with Crippen molar-refractivity contribution in [2.45, 2.75) is 0 Å². The summed E-state index contributed by atoms with van der Waals surface area (Å²) < 4.78 is 0. The van der Waals surface area contributed by atoms with E-state index >= 15 is 0 Å². The van der Waals surface area contributed by atoms with Crippen LogP contribution in [0.15, 0.2) is 42.7 Å². The fraction of sp³-hybridized carbons (Fsp3) is 0. The van der Waals surface area contributed by atoms with Gasteiger partial charge >= 0.3 is 0 Å². The van der Waals surface area contributed by atoms with Gasteiger partial charge in [0.2, 0.25) is 5.95 Å². The molecule has 0 aliphatic carbocycles. The summed E-state index contributed by atoms with van der Waals surface area (Å²) in [6, 6.07) is 8.38. The van der Waals surface area contributed by atoms with Gasteiger partial charge in [-0.25, -0.2) is 9.97 Å². The molecular formula is C11H10N4O. The molecule has 0 aliphatic heterocycles. The number of rotatable bonds is 2. The Labute approximate surface area is 92.3 Å². The van der Waals surface area contributed by atoms with Crippen molar-refractivity contribution in [2.75, 3.05) is 11.1 Å². The lowest BCUT2D eigenvalue weighted by Crippen LogP contribution is -2.14. The summed E-state index contributed by atoms with van der Waals surface area (Å²) in [6.07, 6.45) is 3.12. The van der Waals surface area contributed by atoms with Crippen molar-refractivity contribution in [3.8, 4) is 0 Å². The lowest BCUT2D eigenvalue weighted by Gasteiger charge is -2.03. The molecule has 5 nitrogen and oxygen atoms in total. The molecule has 3 N–H and O–H groups in total. The van der Waals surface area contributed by atoms with Gasteiger partial charge in [0.1, 0.15) is 0 Å². The summed E-state index contributed by atoms with van der Waals surface area (Å²) in [4.78, 5) is 19.5. The van der Waals surface area contributed by atoms with E-state index < -0.39 is 0 Å². The first-order valence-electron chi connectivity index (χ1n) is 4.69. The van der Waals surface area contributed by atoms with Crippen molar-refractivity contribution in [3.63, 3.8) is 0 Å². The lowest BCUT2D eigenvalue weighted by atomic mass is 10.2. The van der Waals surface area contributed by atoms with E-state index in [1.165, 1.54) is 0 Å². The van der Waals surface area contributed by atoms with E-state index in [4.69, 9.17) is 5.73 Å². The molecule has 1 amide bonds. The van der Waals surface area contributed by atoms with E-state index in [-0.39, 0.29) is 11.9 Å². The minimum atomic E-state index is -0.279. The van der Waals surface area contributed by atoms with Crippen molar-refractivity contribution in [2.24, 2.45) is 0 Å². The number of hydrogen-bond acceptors (Lipinski definition) is 4. The number of aromatic nitrogens is 2. The van der Waals surface area contributed by atoms with Crippen LogP contribution in [0.3, 0.4) is 0 Å². The van der Waals surface area contributed by atoms with Crippen molar-refractivity contribution in [3.05, 3.63) is 48.3 Å². The minimum Gasteiger partial charge on any atom is -0.399 e. The molecule has 0 saturated heterocycles. The zero-order valence-electron chi connectivity index (χ0n) is 8.42. The van der Waals surface area contributed by atoms with E-state index in [0.717, 1.165) is 0 Å². The molecule has 1 aromatic carbocycles. The highest BCUT2D eigenvalue weighted by molar-refractivity contribution is 6.03. The molecule has 0 aliphatic rings. The number of amides is 1. The molecule has 5 heteroatoms. The number of nitrogens with zero attached hydrogens (tertiary/aromatic N) is 2. The molecule has 0 fully saturated rings. The molecule has 0 spiro atoms. The van der Waals surface area contributed by atoms with Crippen LogP contribution >= 0.6 is 0 Å². The minimum absolute atomic E-state index is 0.273. The molecule has 0 saturated carbocycles. The predicted molar refractivity (Wildman–Crippen MR) is 60.8 cm³/mol. The second kappa shape index (κ2) is 4.39. The highest BCUT2D eigenvalue weighted by atomic mass is 16.1. The van der Waals surface area contributed by atoms with E-state index in [9.17, 15) is 4.79 Å². The van der Waals surface area contributed by atoms with Gasteiger partial charge in [0.15, 0.2) is 0 Å². The summed E-state index contributed by atoms with van der Waals surface area (Å²) >= 11 is 0. The number of benzene rings is 1. The van der Waals surface area contributed by atoms with Gasteiger partial charge in [-0.3, -0.25) is 10.1 Å². The number of nitrogens with two attached hydrogens (primary N) is 1. The molecule has 80 valence electrons. The first-order chi connectivity index (χ1) is 7.75. The predicted octanol–water partition coefficient (Wildman–Crippen LogP) is 1.31. The van der Waals surface area contributed by atoms with Gasteiger partial charge in [-0.05, 0) is 24.3 Å². The first kappa shape index (κ1) is 10.1. The maximum absolute atomic E-state index is 11.7. The topological polar surface area (TPSA) is 80.9 Å². The Morgan fingerprint density at radius 1 is 1.19 bits per heavy atom. The number of carbonyl (C=O) groups is 1. The fourth-order valence-electron chi connectivity index (χ4n) is 1.22. The fourth-order valence-corrected chi connectivity index (χ4v) is 1.22. The Morgan fingerprint density at radius 2 is 1.94 bits per heavy atom. The smallest absolute Gasteiger partial charge is 0.258 e. The number of anilines is 2. The molecular weight excluding hydrogens is 204 g/mol. The molecule has 2 aromatic rings. The number of nitrogen functional groups attached to an aromatic ring is 1. The third-order valence-corrected chi connectivity index (χ3v) is 1.94. The molecule has 1 heterocycles. The summed E-state index contributed by atoms with van der Waals surface area (Å²) in [5.74, 6) is -0.00609. The quantitative estimate of drug-likeness (QED) is 0.738. The van der Waals surface area contributed by atoms with Crippen LogP contribution in [0.2, 0.25) is 0 Å². The van der Waals surface area contributed by atoms with Gasteiger partial charge in [-0.1, -0.05) is 6.07 Å². The van der Waals surface area contributed by atoms with Gasteiger partial charge in [-0.15, -0.1) is 0 Å². The second-order valence-corrected chi connectivity index (χ2v) is 3.15. The van der Waals surface area contributed by atoms with Crippen LogP contribution in [0.4, 0.5) is 11.6 Å². The van der Waals surface area contributed by atoms with Crippen molar-refractivity contribution >= 4 is 17.5 Å². The lowest BCUT2D eigenvalue weighted by molar-refractivity contribution is 0.102. The Bertz CT molecular complexity index is 498. The SMILES string of the molecule is Nc1cccc(C(=O)Nc2ncccn2)c1. The second-order valence-electron chi connectivity index (χ2n) is 3.15. The van der Waals surface area contributed by atoms with Crippen molar-refractivity contribution in [1.29, 1.82) is 0 Å². The van der Waals surface area contributed by atoms with E-state index in [1.54, 1.807) is 42.7 Å². The summed E-state index contributed by atoms with van der Waals surface area (Å²) in [5.41, 5.74) is 6.60. The zero-order chi connectivity index (χ0) is 11.4. The standard InChI is InChI=1S/C11H10N4O/c12-9-4-1-3-8(7-9)10(16)15-11-13-5-2-6-14-11/h1-7H,12H2,(H,13,14,15,16). The van der Waals surface area contributed by atoms with E-state index in [2.05, 4.69) is 15.3 Å². The highest BCUT2D eigenvalue weighted by Crippen LogP contribution is 2.08. The van der Waals surface area contributed by atoms with Crippen LogP contribution in [-0.4, -0.2) is 15.9 Å². The molecule has 2 rings (SSSR count). The first-order valence-corrected chi connectivity index (χ1v) is 4.69. The summed E-state index contributed by atoms with van der Waals surface area (Å²) in [6.45, 7) is 0. The van der Waals surface area contributed by atoms with Crippen LogP contribution in [0.5, 0.6) is 0 Å². The molecule has 16 heavy (non-hydrogen) atoms. The average molecular weight is 214 g/mol. The van der Waals surface area contributed by atoms with Gasteiger partial charge in [-0.2, -0.15) is 0 Å². The van der Waals surface area contributed by atoms with Crippen LogP contribution in [0.1, 0.15) is 10.4 Å². The Kier molecular flexibility index (Phi) is 2.77. The maximum atomic E-state index is 11.7. The van der Waals surface area contributed by atoms with Gasteiger partial charge in [0, 0.05) is 23.6 Å². The van der Waals surface area contributed by atoms with Crippen molar-refractivity contribution in [1.82, 2.24) is 9.97 Å². The van der Waals surface area contributed by atoms with Gasteiger partial charge in [0.25, 0.3) is 5.91 Å².